The van der Waals surface area contributed by atoms with Gasteiger partial charge in [-0.3, -0.25) is 14.8 Å². The Balaban J connectivity index is 2.11. The molecule has 0 fully saturated rings. The fourth-order valence-corrected chi connectivity index (χ4v) is 3.33. The fourth-order valence-electron chi connectivity index (χ4n) is 2.21. The summed E-state index contributed by atoms with van der Waals surface area (Å²) in [4.78, 5) is 24.8. The maximum atomic E-state index is 13.0. The molecule has 0 aliphatic carbocycles. The smallest absolute Gasteiger partial charge is 0.274 e. The lowest BCUT2D eigenvalue weighted by Gasteiger charge is -2.22. The maximum Gasteiger partial charge on any atom is 0.274 e. The third-order valence-electron chi connectivity index (χ3n) is 3.87. The van der Waals surface area contributed by atoms with Crippen LogP contribution >= 0.6 is 0 Å². The predicted octanol–water partition coefficient (Wildman–Crippen LogP) is 1.23. The van der Waals surface area contributed by atoms with Crippen molar-refractivity contribution >= 4 is 27.5 Å². The number of anilines is 1. The van der Waals surface area contributed by atoms with Gasteiger partial charge >= 0.3 is 0 Å². The fraction of sp³-hybridized carbons (Fsp3) is 0.176. The summed E-state index contributed by atoms with van der Waals surface area (Å²) in [6, 6.07) is 10.1. The number of sulfonamides is 1. The minimum absolute atomic E-state index is 0.124. The van der Waals surface area contributed by atoms with E-state index in [4.69, 9.17) is 5.21 Å². The highest BCUT2D eigenvalue weighted by Gasteiger charge is 2.24. The van der Waals surface area contributed by atoms with Gasteiger partial charge in [0.2, 0.25) is 15.9 Å². The number of nitrogens with zero attached hydrogens (tertiary/aromatic N) is 2. The zero-order valence-electron chi connectivity index (χ0n) is 14.6. The van der Waals surface area contributed by atoms with Crippen molar-refractivity contribution in [3.05, 3.63) is 59.9 Å². The lowest BCUT2D eigenvalue weighted by molar-refractivity contribution is -0.118. The molecule has 2 N–H and O–H groups in total. The van der Waals surface area contributed by atoms with Crippen LogP contribution in [0.4, 0.5) is 10.1 Å². The molecule has 2 aromatic rings. The number of rotatable bonds is 6. The molecular weight excluding hydrogens is 377 g/mol. The molecular formula is C17H18FN3O5S. The normalized spacial score (nSPS) is 11.3. The molecule has 0 radical (unpaired) electrons. The number of likely N-dealkylation sites (N-methyl/N-ethyl adjacent to an activating group) is 2. The van der Waals surface area contributed by atoms with Crippen LogP contribution in [0.5, 0.6) is 0 Å². The molecule has 2 rings (SSSR count). The first-order valence-corrected chi connectivity index (χ1v) is 9.14. The number of nitrogens with one attached hydrogen (secondary N) is 1. The number of amides is 2. The number of hydroxylamine groups is 1. The molecule has 0 aliphatic heterocycles. The van der Waals surface area contributed by atoms with Gasteiger partial charge in [-0.05, 0) is 48.5 Å². The van der Waals surface area contributed by atoms with E-state index in [-0.39, 0.29) is 10.5 Å². The molecule has 0 spiro atoms. The van der Waals surface area contributed by atoms with Crippen LogP contribution in [0, 0.1) is 5.82 Å². The van der Waals surface area contributed by atoms with Gasteiger partial charge in [0.15, 0.2) is 0 Å². The molecule has 0 unspecified atom stereocenters. The predicted molar refractivity (Wildman–Crippen MR) is 95.3 cm³/mol. The van der Waals surface area contributed by atoms with Gasteiger partial charge in [0.1, 0.15) is 5.82 Å². The van der Waals surface area contributed by atoms with E-state index in [0.29, 0.717) is 5.69 Å². The number of halogens is 1. The third kappa shape index (κ3) is 4.67. The average molecular weight is 395 g/mol. The van der Waals surface area contributed by atoms with Crippen LogP contribution in [-0.4, -0.2) is 50.4 Å². The highest BCUT2D eigenvalue weighted by molar-refractivity contribution is 7.89. The van der Waals surface area contributed by atoms with E-state index in [1.807, 2.05) is 0 Å². The zero-order chi connectivity index (χ0) is 20.2. The van der Waals surface area contributed by atoms with Gasteiger partial charge in [0, 0.05) is 25.3 Å². The first kappa shape index (κ1) is 20.5. The van der Waals surface area contributed by atoms with Crippen molar-refractivity contribution in [1.29, 1.82) is 0 Å². The van der Waals surface area contributed by atoms with Crippen molar-refractivity contribution < 1.29 is 27.6 Å². The second-order valence-corrected chi connectivity index (χ2v) is 7.70. The maximum absolute atomic E-state index is 13.0. The summed E-state index contributed by atoms with van der Waals surface area (Å²) in [6.07, 6.45) is 0. The molecule has 0 heterocycles. The molecule has 0 aliphatic rings. The highest BCUT2D eigenvalue weighted by Crippen LogP contribution is 2.17. The van der Waals surface area contributed by atoms with E-state index in [1.54, 1.807) is 0 Å². The summed E-state index contributed by atoms with van der Waals surface area (Å²) >= 11 is 0. The number of carbonyl (C=O) groups excluding carboxylic acids is 2. The standard InChI is InChI=1S/C17H18FN3O5S/c1-20(27(25,26)15-9-5-13(18)6-10-15)11-16(22)21(2)14-7-3-12(4-8-14)17(23)19-24/h3-10,24H,11H2,1-2H3,(H,19,23). The Labute approximate surface area is 155 Å². The van der Waals surface area contributed by atoms with Crippen molar-refractivity contribution in [2.75, 3.05) is 25.5 Å². The van der Waals surface area contributed by atoms with Gasteiger partial charge < -0.3 is 4.90 Å². The van der Waals surface area contributed by atoms with E-state index in [0.717, 1.165) is 28.6 Å². The van der Waals surface area contributed by atoms with Crippen molar-refractivity contribution in [3.8, 4) is 0 Å². The Morgan fingerprint density at radius 2 is 1.59 bits per heavy atom. The van der Waals surface area contributed by atoms with Crippen molar-refractivity contribution in [1.82, 2.24) is 9.79 Å². The zero-order valence-corrected chi connectivity index (χ0v) is 15.4. The number of carbonyl (C=O) groups is 2. The largest absolute Gasteiger partial charge is 0.314 e. The van der Waals surface area contributed by atoms with Crippen LogP contribution in [0.15, 0.2) is 53.4 Å². The van der Waals surface area contributed by atoms with E-state index in [9.17, 15) is 22.4 Å². The molecule has 144 valence electrons. The van der Waals surface area contributed by atoms with Gasteiger partial charge in [-0.15, -0.1) is 0 Å². The summed E-state index contributed by atoms with van der Waals surface area (Å²) in [5.41, 5.74) is 2.12. The Kier molecular flexibility index (Phi) is 6.26. The molecule has 0 saturated carbocycles. The van der Waals surface area contributed by atoms with Gasteiger partial charge in [0.25, 0.3) is 5.91 Å². The molecule has 0 atom stereocenters. The molecule has 8 nitrogen and oxygen atoms in total. The van der Waals surface area contributed by atoms with Crippen LogP contribution in [0.2, 0.25) is 0 Å². The highest BCUT2D eigenvalue weighted by atomic mass is 32.2. The Morgan fingerprint density at radius 3 is 2.11 bits per heavy atom. The molecule has 0 saturated heterocycles. The van der Waals surface area contributed by atoms with Crippen LogP contribution < -0.4 is 10.4 Å². The van der Waals surface area contributed by atoms with Gasteiger partial charge in [-0.25, -0.2) is 18.3 Å². The molecule has 10 heteroatoms. The molecule has 2 amide bonds. The lowest BCUT2D eigenvalue weighted by Crippen LogP contribution is -2.39. The van der Waals surface area contributed by atoms with Crippen LogP contribution in [0.3, 0.4) is 0 Å². The topological polar surface area (TPSA) is 107 Å². The molecule has 2 aromatic carbocycles. The quantitative estimate of drug-likeness (QED) is 0.565. The minimum atomic E-state index is -3.95. The number of benzene rings is 2. The Bertz CT molecular complexity index is 930. The first-order valence-electron chi connectivity index (χ1n) is 7.70. The summed E-state index contributed by atoms with van der Waals surface area (Å²) in [5.74, 6) is -1.77. The number of hydrogen-bond donors (Lipinski definition) is 2. The van der Waals surface area contributed by atoms with Crippen molar-refractivity contribution in [2.45, 2.75) is 4.90 Å². The van der Waals surface area contributed by atoms with Crippen molar-refractivity contribution in [3.63, 3.8) is 0 Å². The first-order chi connectivity index (χ1) is 12.7. The third-order valence-corrected chi connectivity index (χ3v) is 5.69. The lowest BCUT2D eigenvalue weighted by atomic mass is 10.2. The van der Waals surface area contributed by atoms with Gasteiger partial charge in [-0.2, -0.15) is 4.31 Å². The van der Waals surface area contributed by atoms with Crippen LogP contribution in [0.25, 0.3) is 0 Å². The summed E-state index contributed by atoms with van der Waals surface area (Å²) in [7, 11) is -1.24. The Hall–Kier alpha value is -2.82. The van der Waals surface area contributed by atoms with E-state index >= 15 is 0 Å². The van der Waals surface area contributed by atoms with E-state index < -0.39 is 34.2 Å². The van der Waals surface area contributed by atoms with Gasteiger partial charge in [0.05, 0.1) is 11.4 Å². The van der Waals surface area contributed by atoms with E-state index in [1.165, 1.54) is 48.7 Å². The molecule has 0 aromatic heterocycles. The molecule has 0 bridgehead atoms. The second kappa shape index (κ2) is 8.25. The second-order valence-electron chi connectivity index (χ2n) is 5.66. The van der Waals surface area contributed by atoms with Crippen molar-refractivity contribution in [2.24, 2.45) is 0 Å². The van der Waals surface area contributed by atoms with Gasteiger partial charge in [-0.1, -0.05) is 0 Å². The van der Waals surface area contributed by atoms with E-state index in [2.05, 4.69) is 0 Å². The molecule has 27 heavy (non-hydrogen) atoms. The monoisotopic (exact) mass is 395 g/mol. The summed E-state index contributed by atoms with van der Waals surface area (Å²) in [6.45, 7) is -0.435. The Morgan fingerprint density at radius 1 is 1.04 bits per heavy atom. The summed E-state index contributed by atoms with van der Waals surface area (Å²) < 4.78 is 38.8. The van der Waals surface area contributed by atoms with Crippen LogP contribution in [-0.2, 0) is 14.8 Å². The average Bonchev–Trinajstić information content (AvgIpc) is 2.67. The number of hydrogen-bond acceptors (Lipinski definition) is 5. The minimum Gasteiger partial charge on any atom is -0.314 e. The SMILES string of the molecule is CN(C(=O)CN(C)S(=O)(=O)c1ccc(F)cc1)c1ccc(C(=O)NO)cc1. The summed E-state index contributed by atoms with van der Waals surface area (Å²) in [5, 5.41) is 8.59. The van der Waals surface area contributed by atoms with Crippen LogP contribution in [0.1, 0.15) is 10.4 Å².